The summed E-state index contributed by atoms with van der Waals surface area (Å²) in [5.41, 5.74) is 0.462. The highest BCUT2D eigenvalue weighted by molar-refractivity contribution is 4.88. The van der Waals surface area contributed by atoms with E-state index >= 15 is 0 Å². The minimum Gasteiger partial charge on any atom is -0.310 e. The lowest BCUT2D eigenvalue weighted by molar-refractivity contribution is 0.0998. The zero-order valence-corrected chi connectivity index (χ0v) is 15.1. The van der Waals surface area contributed by atoms with Gasteiger partial charge in [-0.15, -0.1) is 0 Å². The van der Waals surface area contributed by atoms with E-state index in [-0.39, 0.29) is 0 Å². The molecule has 21 heavy (non-hydrogen) atoms. The Morgan fingerprint density at radius 1 is 1.05 bits per heavy atom. The summed E-state index contributed by atoms with van der Waals surface area (Å²) in [4.78, 5) is 2.73. The van der Waals surface area contributed by atoms with Crippen LogP contribution in [0.2, 0.25) is 0 Å². The van der Waals surface area contributed by atoms with Crippen LogP contribution in [0.1, 0.15) is 73.1 Å². The van der Waals surface area contributed by atoms with Gasteiger partial charge in [-0.05, 0) is 42.9 Å². The lowest BCUT2D eigenvalue weighted by Crippen LogP contribution is -2.52. The second-order valence-electron chi connectivity index (χ2n) is 9.32. The predicted molar refractivity (Wildman–Crippen MR) is 92.6 cm³/mol. The Kier molecular flexibility index (Phi) is 6.14. The van der Waals surface area contributed by atoms with Crippen molar-refractivity contribution in [1.29, 1.82) is 0 Å². The summed E-state index contributed by atoms with van der Waals surface area (Å²) in [6, 6.07) is 1.54. The second kappa shape index (κ2) is 7.46. The van der Waals surface area contributed by atoms with Crippen molar-refractivity contribution in [1.82, 2.24) is 10.2 Å². The van der Waals surface area contributed by atoms with Crippen molar-refractivity contribution in [3.63, 3.8) is 0 Å². The maximum Gasteiger partial charge on any atom is 0.0200 e. The van der Waals surface area contributed by atoms with E-state index in [2.05, 4.69) is 44.8 Å². The lowest BCUT2D eigenvalue weighted by atomic mass is 9.79. The molecule has 0 spiro atoms. The molecule has 2 aliphatic rings. The normalized spacial score (nSPS) is 29.4. The number of nitrogens with one attached hydrogen (secondary N) is 1. The number of hydrogen-bond donors (Lipinski definition) is 1. The van der Waals surface area contributed by atoms with Crippen LogP contribution in [0.3, 0.4) is 0 Å². The first-order valence-corrected chi connectivity index (χ1v) is 9.30. The standard InChI is InChI=1S/C19H38N2/c1-15(2)12-21-13-16(11-19(3,4)5)10-18(14-21)20-17-8-6-7-9-17/h15-18,20H,6-14H2,1-5H3. The molecule has 1 saturated carbocycles. The molecule has 0 radical (unpaired) electrons. The molecule has 0 amide bonds. The summed E-state index contributed by atoms with van der Waals surface area (Å²) in [6.45, 7) is 15.8. The molecule has 1 aliphatic carbocycles. The molecular formula is C19H38N2. The second-order valence-corrected chi connectivity index (χ2v) is 9.32. The van der Waals surface area contributed by atoms with E-state index in [0.717, 1.165) is 23.9 Å². The molecule has 124 valence electrons. The zero-order chi connectivity index (χ0) is 15.5. The van der Waals surface area contributed by atoms with E-state index < -0.39 is 0 Å². The quantitative estimate of drug-likeness (QED) is 0.813. The molecule has 1 saturated heterocycles. The van der Waals surface area contributed by atoms with Crippen molar-refractivity contribution in [3.8, 4) is 0 Å². The molecule has 2 fully saturated rings. The first-order valence-electron chi connectivity index (χ1n) is 9.30. The SMILES string of the molecule is CC(C)CN1CC(CC(C)(C)C)CC(NC2CCCC2)C1. The molecule has 1 aliphatic heterocycles. The Hall–Kier alpha value is -0.0800. The number of nitrogens with zero attached hydrogens (tertiary/aromatic N) is 1. The molecule has 2 nitrogen and oxygen atoms in total. The van der Waals surface area contributed by atoms with Crippen LogP contribution < -0.4 is 5.32 Å². The van der Waals surface area contributed by atoms with E-state index in [0.29, 0.717) is 5.41 Å². The van der Waals surface area contributed by atoms with Gasteiger partial charge in [0.1, 0.15) is 0 Å². The van der Waals surface area contributed by atoms with Crippen LogP contribution in [0.15, 0.2) is 0 Å². The van der Waals surface area contributed by atoms with Gasteiger partial charge < -0.3 is 10.2 Å². The molecule has 2 heteroatoms. The van der Waals surface area contributed by atoms with Crippen molar-refractivity contribution >= 4 is 0 Å². The minimum atomic E-state index is 0.462. The predicted octanol–water partition coefficient (Wildman–Crippen LogP) is 4.30. The maximum absolute atomic E-state index is 4.00. The molecule has 0 bridgehead atoms. The third-order valence-corrected chi connectivity index (χ3v) is 4.96. The van der Waals surface area contributed by atoms with Crippen LogP contribution in [-0.4, -0.2) is 36.6 Å². The fourth-order valence-corrected chi connectivity index (χ4v) is 4.53. The molecule has 0 aromatic carbocycles. The van der Waals surface area contributed by atoms with Crippen molar-refractivity contribution in [2.75, 3.05) is 19.6 Å². The first-order chi connectivity index (χ1) is 9.82. The Labute approximate surface area is 133 Å². The summed E-state index contributed by atoms with van der Waals surface area (Å²) in [7, 11) is 0. The van der Waals surface area contributed by atoms with Crippen LogP contribution in [0.4, 0.5) is 0 Å². The van der Waals surface area contributed by atoms with Gasteiger partial charge in [0, 0.05) is 31.7 Å². The summed E-state index contributed by atoms with van der Waals surface area (Å²) in [6.07, 6.45) is 8.44. The highest BCUT2D eigenvalue weighted by atomic mass is 15.2. The molecule has 2 atom stereocenters. The molecule has 1 N–H and O–H groups in total. The fraction of sp³-hybridized carbons (Fsp3) is 1.00. The van der Waals surface area contributed by atoms with Gasteiger partial charge in [0.2, 0.25) is 0 Å². The Bertz CT molecular complexity index is 299. The fourth-order valence-electron chi connectivity index (χ4n) is 4.53. The van der Waals surface area contributed by atoms with Crippen molar-refractivity contribution in [2.24, 2.45) is 17.3 Å². The van der Waals surface area contributed by atoms with Crippen molar-refractivity contribution < 1.29 is 0 Å². The summed E-state index contributed by atoms with van der Waals surface area (Å²) in [5, 5.41) is 4.00. The van der Waals surface area contributed by atoms with E-state index in [1.807, 2.05) is 0 Å². The molecular weight excluding hydrogens is 256 g/mol. The largest absolute Gasteiger partial charge is 0.310 e. The molecule has 1 heterocycles. The smallest absolute Gasteiger partial charge is 0.0200 e. The van der Waals surface area contributed by atoms with Gasteiger partial charge in [-0.2, -0.15) is 0 Å². The van der Waals surface area contributed by atoms with Crippen LogP contribution in [0, 0.1) is 17.3 Å². The first kappa shape index (κ1) is 17.3. The van der Waals surface area contributed by atoms with Crippen LogP contribution >= 0.6 is 0 Å². The average molecular weight is 295 g/mol. The number of likely N-dealkylation sites (tertiary alicyclic amines) is 1. The van der Waals surface area contributed by atoms with E-state index in [9.17, 15) is 0 Å². The maximum atomic E-state index is 4.00. The summed E-state index contributed by atoms with van der Waals surface area (Å²) >= 11 is 0. The molecule has 0 aromatic rings. The lowest BCUT2D eigenvalue weighted by Gasteiger charge is -2.42. The van der Waals surface area contributed by atoms with Crippen molar-refractivity contribution in [2.45, 2.75) is 85.2 Å². The topological polar surface area (TPSA) is 15.3 Å². The van der Waals surface area contributed by atoms with E-state index in [4.69, 9.17) is 0 Å². The highest BCUT2D eigenvalue weighted by Crippen LogP contribution is 2.31. The molecule has 2 unspecified atom stereocenters. The number of hydrogen-bond acceptors (Lipinski definition) is 2. The number of rotatable bonds is 5. The zero-order valence-electron chi connectivity index (χ0n) is 15.1. The summed E-state index contributed by atoms with van der Waals surface area (Å²) < 4.78 is 0. The van der Waals surface area contributed by atoms with Crippen LogP contribution in [0.25, 0.3) is 0 Å². The van der Waals surface area contributed by atoms with Gasteiger partial charge in [0.25, 0.3) is 0 Å². The third kappa shape index (κ3) is 6.28. The van der Waals surface area contributed by atoms with Gasteiger partial charge in [-0.3, -0.25) is 0 Å². The van der Waals surface area contributed by atoms with Crippen molar-refractivity contribution in [3.05, 3.63) is 0 Å². The summed E-state index contributed by atoms with van der Waals surface area (Å²) in [5.74, 6) is 1.65. The Morgan fingerprint density at radius 3 is 2.29 bits per heavy atom. The Morgan fingerprint density at radius 2 is 1.71 bits per heavy atom. The minimum absolute atomic E-state index is 0.462. The monoisotopic (exact) mass is 294 g/mol. The van der Waals surface area contributed by atoms with Gasteiger partial charge in [-0.1, -0.05) is 47.5 Å². The van der Waals surface area contributed by atoms with Gasteiger partial charge in [0.05, 0.1) is 0 Å². The van der Waals surface area contributed by atoms with Gasteiger partial charge in [-0.25, -0.2) is 0 Å². The highest BCUT2D eigenvalue weighted by Gasteiger charge is 2.31. The van der Waals surface area contributed by atoms with E-state index in [1.54, 1.807) is 0 Å². The van der Waals surface area contributed by atoms with E-state index in [1.165, 1.54) is 58.2 Å². The number of piperidine rings is 1. The van der Waals surface area contributed by atoms with Crippen LogP contribution in [0.5, 0.6) is 0 Å². The van der Waals surface area contributed by atoms with Crippen LogP contribution in [-0.2, 0) is 0 Å². The Balaban J connectivity index is 1.91. The molecule has 0 aromatic heterocycles. The third-order valence-electron chi connectivity index (χ3n) is 4.96. The van der Waals surface area contributed by atoms with Gasteiger partial charge >= 0.3 is 0 Å². The van der Waals surface area contributed by atoms with Gasteiger partial charge in [0.15, 0.2) is 0 Å². The molecule has 2 rings (SSSR count). The average Bonchev–Trinajstić information content (AvgIpc) is 2.77.